The topological polar surface area (TPSA) is 3.24 Å². The minimum atomic E-state index is 0.833. The number of rotatable bonds is 4. The third kappa shape index (κ3) is 4.80. The normalized spacial score (nSPS) is 14.7. The summed E-state index contributed by atoms with van der Waals surface area (Å²) in [5, 5.41) is 0. The molecule has 0 aromatic rings. The second kappa shape index (κ2) is 4.73. The Kier molecular flexibility index (Phi) is 4.71. The Labute approximate surface area is 65.4 Å². The molecule has 0 fully saturated rings. The average Bonchev–Trinajstić information content (AvgIpc) is 1.82. The molecule has 0 N–H and O–H groups in total. The van der Waals surface area contributed by atoms with Crippen LogP contribution >= 0.6 is 0 Å². The van der Waals surface area contributed by atoms with E-state index >= 15 is 0 Å². The van der Waals surface area contributed by atoms with Crippen molar-refractivity contribution < 1.29 is 0 Å². The highest BCUT2D eigenvalue weighted by molar-refractivity contribution is 4.58. The second-order valence-corrected chi connectivity index (χ2v) is 3.81. The third-order valence-electron chi connectivity index (χ3n) is 2.17. The van der Waals surface area contributed by atoms with Gasteiger partial charge in [0.2, 0.25) is 0 Å². The molecule has 0 aromatic heterocycles. The van der Waals surface area contributed by atoms with E-state index in [0.29, 0.717) is 0 Å². The predicted octanol–water partition coefficient (Wildman–Crippen LogP) is 2.23. The Morgan fingerprint density at radius 3 is 1.90 bits per heavy atom. The summed E-state index contributed by atoms with van der Waals surface area (Å²) in [7, 11) is 4.26. The number of hydrogen-bond donors (Lipinski definition) is 0. The molecule has 0 amide bonds. The van der Waals surface area contributed by atoms with Crippen molar-refractivity contribution in [3.05, 3.63) is 0 Å². The second-order valence-electron chi connectivity index (χ2n) is 3.81. The highest BCUT2D eigenvalue weighted by Crippen LogP contribution is 2.13. The van der Waals surface area contributed by atoms with Gasteiger partial charge in [-0.15, -0.1) is 0 Å². The predicted molar refractivity (Wildman–Crippen MR) is 47.2 cm³/mol. The Balaban J connectivity index is 3.30. The molecule has 0 bridgehead atoms. The van der Waals surface area contributed by atoms with Crippen LogP contribution in [0.5, 0.6) is 0 Å². The van der Waals surface area contributed by atoms with Gasteiger partial charge in [0.25, 0.3) is 0 Å². The van der Waals surface area contributed by atoms with E-state index in [2.05, 4.69) is 39.8 Å². The van der Waals surface area contributed by atoms with Gasteiger partial charge in [-0.25, -0.2) is 0 Å². The van der Waals surface area contributed by atoms with Crippen molar-refractivity contribution in [3.8, 4) is 0 Å². The minimum Gasteiger partial charge on any atom is -0.309 e. The van der Waals surface area contributed by atoms with Crippen LogP contribution in [0.2, 0.25) is 0 Å². The molecule has 0 unspecified atom stereocenters. The lowest BCUT2D eigenvalue weighted by Crippen LogP contribution is -2.17. The number of hydrogen-bond acceptors (Lipinski definition) is 1. The Bertz CT molecular complexity index is 76.8. The van der Waals surface area contributed by atoms with Gasteiger partial charge in [0.1, 0.15) is 0 Å². The zero-order valence-electron chi connectivity index (χ0n) is 8.02. The van der Waals surface area contributed by atoms with Crippen molar-refractivity contribution in [2.45, 2.75) is 27.2 Å². The zero-order valence-corrected chi connectivity index (χ0v) is 8.02. The van der Waals surface area contributed by atoms with Gasteiger partial charge in [-0.05, 0) is 38.9 Å². The van der Waals surface area contributed by atoms with Crippen molar-refractivity contribution >= 4 is 0 Å². The molecule has 1 atom stereocenters. The maximum atomic E-state index is 2.33. The molecule has 0 aliphatic rings. The maximum Gasteiger partial charge on any atom is -0.00222 e. The van der Waals surface area contributed by atoms with Gasteiger partial charge >= 0.3 is 0 Å². The molecule has 0 saturated heterocycles. The first-order chi connectivity index (χ1) is 4.54. The molecule has 0 saturated carbocycles. The summed E-state index contributed by atoms with van der Waals surface area (Å²) in [6.45, 7) is 8.13. The van der Waals surface area contributed by atoms with Crippen molar-refractivity contribution in [2.75, 3.05) is 20.6 Å². The fourth-order valence-corrected chi connectivity index (χ4v) is 0.795. The summed E-state index contributed by atoms with van der Waals surface area (Å²) in [5.41, 5.74) is 0. The summed E-state index contributed by atoms with van der Waals surface area (Å²) in [5.74, 6) is 1.70. The van der Waals surface area contributed by atoms with Crippen LogP contribution in [-0.2, 0) is 0 Å². The van der Waals surface area contributed by atoms with Crippen molar-refractivity contribution in [2.24, 2.45) is 11.8 Å². The van der Waals surface area contributed by atoms with Gasteiger partial charge in [0.15, 0.2) is 0 Å². The molecule has 0 aromatic carbocycles. The van der Waals surface area contributed by atoms with Crippen LogP contribution in [-0.4, -0.2) is 25.5 Å². The average molecular weight is 143 g/mol. The van der Waals surface area contributed by atoms with Crippen LogP contribution < -0.4 is 0 Å². The lowest BCUT2D eigenvalue weighted by molar-refractivity contribution is 0.316. The summed E-state index contributed by atoms with van der Waals surface area (Å²) in [6, 6.07) is 0. The van der Waals surface area contributed by atoms with E-state index in [1.54, 1.807) is 0 Å². The standard InChI is InChI=1S/C9H21N/c1-8(2)9(3)6-7-10(4)5/h8-9H,6-7H2,1-5H3/t9-/m1/s1. The highest BCUT2D eigenvalue weighted by Gasteiger charge is 2.06. The van der Waals surface area contributed by atoms with E-state index in [1.807, 2.05) is 0 Å². The first kappa shape index (κ1) is 9.96. The lowest BCUT2D eigenvalue weighted by Gasteiger charge is -2.17. The molecular formula is C9H21N. The minimum absolute atomic E-state index is 0.833. The highest BCUT2D eigenvalue weighted by atomic mass is 15.0. The molecule has 1 heteroatoms. The zero-order chi connectivity index (χ0) is 8.15. The quantitative estimate of drug-likeness (QED) is 0.583. The summed E-state index contributed by atoms with van der Waals surface area (Å²) in [4.78, 5) is 2.25. The molecule has 0 aliphatic carbocycles. The van der Waals surface area contributed by atoms with Gasteiger partial charge < -0.3 is 4.90 Å². The molecule has 0 heterocycles. The van der Waals surface area contributed by atoms with Crippen molar-refractivity contribution in [1.82, 2.24) is 4.90 Å². The Morgan fingerprint density at radius 1 is 1.10 bits per heavy atom. The van der Waals surface area contributed by atoms with Crippen molar-refractivity contribution in [1.29, 1.82) is 0 Å². The van der Waals surface area contributed by atoms with Gasteiger partial charge in [-0.3, -0.25) is 0 Å². The number of nitrogens with zero attached hydrogens (tertiary/aromatic N) is 1. The fourth-order valence-electron chi connectivity index (χ4n) is 0.795. The van der Waals surface area contributed by atoms with Gasteiger partial charge in [0, 0.05) is 0 Å². The molecule has 0 spiro atoms. The SMILES string of the molecule is CC(C)[C@H](C)CCN(C)C. The van der Waals surface area contributed by atoms with Gasteiger partial charge in [-0.1, -0.05) is 20.8 Å². The molecule has 0 radical (unpaired) electrons. The maximum absolute atomic E-state index is 2.33. The van der Waals surface area contributed by atoms with E-state index in [9.17, 15) is 0 Å². The lowest BCUT2D eigenvalue weighted by atomic mass is 9.95. The van der Waals surface area contributed by atoms with Crippen LogP contribution in [0.1, 0.15) is 27.2 Å². The summed E-state index contributed by atoms with van der Waals surface area (Å²) in [6.07, 6.45) is 1.32. The molecule has 0 aliphatic heterocycles. The van der Waals surface area contributed by atoms with Gasteiger partial charge in [-0.2, -0.15) is 0 Å². The van der Waals surface area contributed by atoms with E-state index in [4.69, 9.17) is 0 Å². The van der Waals surface area contributed by atoms with E-state index in [-0.39, 0.29) is 0 Å². The Morgan fingerprint density at radius 2 is 1.60 bits per heavy atom. The van der Waals surface area contributed by atoms with E-state index < -0.39 is 0 Å². The summed E-state index contributed by atoms with van der Waals surface area (Å²) < 4.78 is 0. The molecular weight excluding hydrogens is 122 g/mol. The Hall–Kier alpha value is -0.0400. The first-order valence-corrected chi connectivity index (χ1v) is 4.18. The molecule has 62 valence electrons. The van der Waals surface area contributed by atoms with Crippen LogP contribution in [0.15, 0.2) is 0 Å². The fraction of sp³-hybridized carbons (Fsp3) is 1.00. The van der Waals surface area contributed by atoms with Gasteiger partial charge in [0.05, 0.1) is 0 Å². The summed E-state index contributed by atoms with van der Waals surface area (Å²) >= 11 is 0. The smallest absolute Gasteiger partial charge is 0.00222 e. The van der Waals surface area contributed by atoms with E-state index in [0.717, 1.165) is 11.8 Å². The molecule has 0 rings (SSSR count). The molecule has 10 heavy (non-hydrogen) atoms. The van der Waals surface area contributed by atoms with Crippen LogP contribution in [0, 0.1) is 11.8 Å². The van der Waals surface area contributed by atoms with Crippen LogP contribution in [0.25, 0.3) is 0 Å². The van der Waals surface area contributed by atoms with Crippen LogP contribution in [0.3, 0.4) is 0 Å². The third-order valence-corrected chi connectivity index (χ3v) is 2.17. The monoisotopic (exact) mass is 143 g/mol. The first-order valence-electron chi connectivity index (χ1n) is 4.18. The van der Waals surface area contributed by atoms with E-state index in [1.165, 1.54) is 13.0 Å². The largest absolute Gasteiger partial charge is 0.309 e. The van der Waals surface area contributed by atoms with Crippen molar-refractivity contribution in [3.63, 3.8) is 0 Å². The van der Waals surface area contributed by atoms with Crippen LogP contribution in [0.4, 0.5) is 0 Å². The molecule has 1 nitrogen and oxygen atoms in total.